The van der Waals surface area contributed by atoms with Gasteiger partial charge in [0.25, 0.3) is 11.8 Å². The van der Waals surface area contributed by atoms with Crippen LogP contribution in [0.4, 0.5) is 0 Å². The van der Waals surface area contributed by atoms with Crippen molar-refractivity contribution < 1.29 is 14.3 Å². The summed E-state index contributed by atoms with van der Waals surface area (Å²) in [4.78, 5) is 29.2. The van der Waals surface area contributed by atoms with E-state index in [2.05, 4.69) is 5.10 Å². The maximum atomic E-state index is 13.1. The van der Waals surface area contributed by atoms with E-state index in [-0.39, 0.29) is 30.0 Å². The number of likely N-dealkylation sites (tertiary alicyclic amines) is 2. The van der Waals surface area contributed by atoms with Crippen LogP contribution in [0.15, 0.2) is 24.3 Å². The summed E-state index contributed by atoms with van der Waals surface area (Å²) in [6.45, 7) is 5.45. The van der Waals surface area contributed by atoms with Crippen LogP contribution in [0.3, 0.4) is 0 Å². The van der Waals surface area contributed by atoms with Crippen LogP contribution in [-0.2, 0) is 16.6 Å². The summed E-state index contributed by atoms with van der Waals surface area (Å²) >= 11 is 0. The van der Waals surface area contributed by atoms with Crippen molar-refractivity contribution in [3.8, 4) is 0 Å². The highest BCUT2D eigenvalue weighted by Crippen LogP contribution is 2.36. The SMILES string of the molecule is CO[C@H]1C(=O)N(C(C)C)[C@H]1C1CCN(C(=O)c2nn(C)c3ccccc23)CC1. The van der Waals surface area contributed by atoms with Gasteiger partial charge in [-0.05, 0) is 38.7 Å². The predicted molar refractivity (Wildman–Crippen MR) is 106 cm³/mol. The van der Waals surface area contributed by atoms with E-state index in [0.717, 1.165) is 23.7 Å². The standard InChI is InChI=1S/C21H28N4O3/c1-13(2)25-18(19(28-4)21(25)27)14-9-11-24(12-10-14)20(26)17-15-7-5-6-8-16(15)23(3)22-17/h5-8,13-14,18-19H,9-12H2,1-4H3/t18-,19+/m0/s1. The lowest BCUT2D eigenvalue weighted by Crippen LogP contribution is -2.70. The van der Waals surface area contributed by atoms with Gasteiger partial charge in [0, 0.05) is 38.7 Å². The summed E-state index contributed by atoms with van der Waals surface area (Å²) in [5.74, 6) is 0.430. The van der Waals surface area contributed by atoms with E-state index < -0.39 is 0 Å². The molecule has 0 unspecified atom stereocenters. The van der Waals surface area contributed by atoms with Crippen molar-refractivity contribution in [1.29, 1.82) is 0 Å². The second-order valence-corrected chi connectivity index (χ2v) is 8.11. The quantitative estimate of drug-likeness (QED) is 0.757. The average Bonchev–Trinajstić information content (AvgIpc) is 3.03. The molecule has 7 nitrogen and oxygen atoms in total. The molecule has 2 amide bonds. The van der Waals surface area contributed by atoms with Crippen molar-refractivity contribution in [3.63, 3.8) is 0 Å². The van der Waals surface area contributed by atoms with Crippen LogP contribution in [-0.4, -0.2) is 69.8 Å². The molecule has 2 aromatic rings. The molecule has 150 valence electrons. The van der Waals surface area contributed by atoms with Crippen LogP contribution in [0.5, 0.6) is 0 Å². The molecule has 2 fully saturated rings. The summed E-state index contributed by atoms with van der Waals surface area (Å²) in [5.41, 5.74) is 1.48. The first kappa shape index (κ1) is 18.9. The summed E-state index contributed by atoms with van der Waals surface area (Å²) in [5, 5.41) is 5.36. The van der Waals surface area contributed by atoms with Gasteiger partial charge in [0.15, 0.2) is 11.8 Å². The zero-order valence-electron chi connectivity index (χ0n) is 17.0. The van der Waals surface area contributed by atoms with Gasteiger partial charge >= 0.3 is 0 Å². The lowest BCUT2D eigenvalue weighted by molar-refractivity contribution is -0.181. The molecule has 0 aliphatic carbocycles. The molecule has 4 rings (SSSR count). The van der Waals surface area contributed by atoms with E-state index in [0.29, 0.717) is 24.7 Å². The van der Waals surface area contributed by atoms with Crippen molar-refractivity contribution in [2.24, 2.45) is 13.0 Å². The first-order valence-corrected chi connectivity index (χ1v) is 10.00. The maximum Gasteiger partial charge on any atom is 0.275 e. The number of para-hydroxylation sites is 1. The number of amides is 2. The minimum Gasteiger partial charge on any atom is -0.369 e. The molecule has 0 radical (unpaired) electrons. The van der Waals surface area contributed by atoms with Gasteiger partial charge in [0.05, 0.1) is 11.6 Å². The Kier molecular flexibility index (Phi) is 4.87. The highest BCUT2D eigenvalue weighted by Gasteiger charge is 2.52. The number of ether oxygens (including phenoxy) is 1. The highest BCUT2D eigenvalue weighted by molar-refractivity contribution is 6.04. The van der Waals surface area contributed by atoms with Crippen molar-refractivity contribution in [2.45, 2.75) is 44.9 Å². The second kappa shape index (κ2) is 7.20. The molecule has 1 aromatic heterocycles. The number of piperidine rings is 1. The van der Waals surface area contributed by atoms with Crippen molar-refractivity contribution in [2.75, 3.05) is 20.2 Å². The molecule has 3 heterocycles. The Morgan fingerprint density at radius 2 is 1.89 bits per heavy atom. The first-order valence-electron chi connectivity index (χ1n) is 10.00. The number of fused-ring (bicyclic) bond motifs is 1. The number of hydrogen-bond donors (Lipinski definition) is 0. The zero-order chi connectivity index (χ0) is 20.0. The smallest absolute Gasteiger partial charge is 0.275 e. The average molecular weight is 384 g/mol. The number of aryl methyl sites for hydroxylation is 1. The fourth-order valence-corrected chi connectivity index (χ4v) is 4.78. The van der Waals surface area contributed by atoms with Crippen LogP contribution in [0.25, 0.3) is 10.9 Å². The van der Waals surface area contributed by atoms with Crippen LogP contribution in [0.1, 0.15) is 37.2 Å². The summed E-state index contributed by atoms with van der Waals surface area (Å²) in [6.07, 6.45) is 1.41. The van der Waals surface area contributed by atoms with Gasteiger partial charge in [-0.15, -0.1) is 0 Å². The fourth-order valence-electron chi connectivity index (χ4n) is 4.78. The molecule has 2 aliphatic heterocycles. The molecule has 0 spiro atoms. The number of nitrogens with zero attached hydrogens (tertiary/aromatic N) is 4. The lowest BCUT2D eigenvalue weighted by atomic mass is 9.79. The van der Waals surface area contributed by atoms with E-state index in [4.69, 9.17) is 4.74 Å². The van der Waals surface area contributed by atoms with Gasteiger partial charge in [0.2, 0.25) is 0 Å². The fraction of sp³-hybridized carbons (Fsp3) is 0.571. The predicted octanol–water partition coefficient (Wildman–Crippen LogP) is 2.06. The van der Waals surface area contributed by atoms with Crippen molar-refractivity contribution in [1.82, 2.24) is 19.6 Å². The minimum atomic E-state index is -0.339. The van der Waals surface area contributed by atoms with Gasteiger partial charge < -0.3 is 14.5 Å². The monoisotopic (exact) mass is 384 g/mol. The molecular formula is C21H28N4O3. The Morgan fingerprint density at radius 1 is 1.21 bits per heavy atom. The molecule has 0 saturated carbocycles. The van der Waals surface area contributed by atoms with Gasteiger partial charge in [-0.2, -0.15) is 5.10 Å². The Hall–Kier alpha value is -2.41. The number of β-lactam (4-membered cyclic amide) rings is 1. The Balaban J connectivity index is 1.47. The molecule has 2 atom stereocenters. The summed E-state index contributed by atoms with van der Waals surface area (Å²) < 4.78 is 7.22. The second-order valence-electron chi connectivity index (χ2n) is 8.11. The van der Waals surface area contributed by atoms with Crippen LogP contribution in [0, 0.1) is 5.92 Å². The third-order valence-corrected chi connectivity index (χ3v) is 6.21. The number of carbonyl (C=O) groups excluding carboxylic acids is 2. The molecule has 1 aromatic carbocycles. The Bertz CT molecular complexity index is 898. The third kappa shape index (κ3) is 2.89. The number of hydrogen-bond acceptors (Lipinski definition) is 4. The number of rotatable bonds is 4. The van der Waals surface area contributed by atoms with Crippen LogP contribution in [0.2, 0.25) is 0 Å². The summed E-state index contributed by atoms with van der Waals surface area (Å²) in [7, 11) is 3.47. The number of methoxy groups -OCH3 is 1. The van der Waals surface area contributed by atoms with Gasteiger partial charge in [-0.3, -0.25) is 14.3 Å². The van der Waals surface area contributed by atoms with Crippen LogP contribution >= 0.6 is 0 Å². The van der Waals surface area contributed by atoms with E-state index in [1.807, 2.05) is 55.0 Å². The molecule has 0 N–H and O–H groups in total. The number of benzene rings is 1. The Labute approximate surface area is 165 Å². The molecule has 0 bridgehead atoms. The molecule has 2 aliphatic rings. The number of carbonyl (C=O) groups is 2. The van der Waals surface area contributed by atoms with E-state index in [1.165, 1.54) is 0 Å². The molecule has 7 heteroatoms. The molecular weight excluding hydrogens is 356 g/mol. The normalized spacial score (nSPS) is 23.5. The topological polar surface area (TPSA) is 67.7 Å². The lowest BCUT2D eigenvalue weighted by Gasteiger charge is -2.53. The molecule has 2 saturated heterocycles. The Morgan fingerprint density at radius 3 is 2.54 bits per heavy atom. The van der Waals surface area contributed by atoms with Gasteiger partial charge in [0.1, 0.15) is 0 Å². The molecule has 28 heavy (non-hydrogen) atoms. The van der Waals surface area contributed by atoms with Crippen LogP contribution < -0.4 is 0 Å². The minimum absolute atomic E-state index is 0.0102. The highest BCUT2D eigenvalue weighted by atomic mass is 16.5. The first-order chi connectivity index (χ1) is 13.4. The third-order valence-electron chi connectivity index (χ3n) is 6.21. The largest absolute Gasteiger partial charge is 0.369 e. The zero-order valence-corrected chi connectivity index (χ0v) is 17.0. The van der Waals surface area contributed by atoms with E-state index >= 15 is 0 Å². The van der Waals surface area contributed by atoms with E-state index in [1.54, 1.807) is 11.8 Å². The summed E-state index contributed by atoms with van der Waals surface area (Å²) in [6, 6.07) is 8.10. The maximum absolute atomic E-state index is 13.1. The van der Waals surface area contributed by atoms with Crippen molar-refractivity contribution in [3.05, 3.63) is 30.0 Å². The van der Waals surface area contributed by atoms with E-state index in [9.17, 15) is 9.59 Å². The van der Waals surface area contributed by atoms with Gasteiger partial charge in [-0.25, -0.2) is 0 Å². The van der Waals surface area contributed by atoms with Crippen molar-refractivity contribution >= 4 is 22.7 Å². The number of aromatic nitrogens is 2. The van der Waals surface area contributed by atoms with Gasteiger partial charge in [-0.1, -0.05) is 18.2 Å².